The second kappa shape index (κ2) is 10.1. The first-order valence-corrected chi connectivity index (χ1v) is 16.6. The van der Waals surface area contributed by atoms with E-state index in [1.807, 2.05) is 0 Å². The van der Waals surface area contributed by atoms with Crippen LogP contribution in [-0.4, -0.2) is 35.8 Å². The predicted octanol–water partition coefficient (Wildman–Crippen LogP) is 7.13. The van der Waals surface area contributed by atoms with Gasteiger partial charge in [-0.25, -0.2) is 0 Å². The van der Waals surface area contributed by atoms with Gasteiger partial charge in [-0.2, -0.15) is 0 Å². The van der Waals surface area contributed by atoms with Gasteiger partial charge in [-0.05, 0) is 134 Å². The summed E-state index contributed by atoms with van der Waals surface area (Å²) in [6, 6.07) is 17.9. The fourth-order valence-corrected chi connectivity index (χ4v) is 11.5. The summed E-state index contributed by atoms with van der Waals surface area (Å²) in [4.78, 5) is 27.2. The van der Waals surface area contributed by atoms with E-state index in [1.165, 1.54) is 43.2 Å². The number of hydrogen-bond donors (Lipinski definition) is 2. The highest BCUT2D eigenvalue weighted by atomic mass is 16.2. The first-order valence-electron chi connectivity index (χ1n) is 16.6. The first-order chi connectivity index (χ1) is 20.2. The Labute approximate surface area is 252 Å². The molecule has 7 rings (SSSR count). The van der Waals surface area contributed by atoms with Gasteiger partial charge in [0.25, 0.3) is 0 Å². The second-order valence-corrected chi connectivity index (χ2v) is 15.3. The van der Waals surface area contributed by atoms with Gasteiger partial charge in [-0.3, -0.25) is 9.59 Å². The summed E-state index contributed by atoms with van der Waals surface area (Å²) < 4.78 is 0. The van der Waals surface area contributed by atoms with Gasteiger partial charge in [0.1, 0.15) is 0 Å². The fraction of sp³-hybridized carbons (Fsp3) is 0.622. The van der Waals surface area contributed by atoms with Gasteiger partial charge in [0.05, 0.1) is 5.54 Å². The quantitative estimate of drug-likeness (QED) is 0.387. The van der Waals surface area contributed by atoms with E-state index in [9.17, 15) is 9.59 Å². The number of carbonyl (C=O) groups is 2. The molecule has 3 saturated carbocycles. The van der Waals surface area contributed by atoms with Crippen molar-refractivity contribution in [3.63, 3.8) is 0 Å². The van der Waals surface area contributed by atoms with E-state index >= 15 is 0 Å². The molecule has 2 N–H and O–H groups in total. The van der Waals surface area contributed by atoms with E-state index in [4.69, 9.17) is 0 Å². The number of amides is 2. The topological polar surface area (TPSA) is 61.4 Å². The van der Waals surface area contributed by atoms with Gasteiger partial charge in [-0.1, -0.05) is 45.0 Å². The Morgan fingerprint density at radius 1 is 0.905 bits per heavy atom. The Kier molecular flexibility index (Phi) is 6.75. The Hall–Kier alpha value is -2.82. The number of rotatable bonds is 4. The van der Waals surface area contributed by atoms with Crippen LogP contribution >= 0.6 is 0 Å². The van der Waals surface area contributed by atoms with E-state index < -0.39 is 0 Å². The van der Waals surface area contributed by atoms with Gasteiger partial charge in [0.2, 0.25) is 12.3 Å². The van der Waals surface area contributed by atoms with E-state index in [0.29, 0.717) is 36.1 Å². The maximum atomic E-state index is 12.6. The Bertz CT molecular complexity index is 1320. The SMILES string of the molecule is CC([C@H]1CC[C@H]2[C@@H]3CC[C@H]4N(C)C(=O)CC[C@]4(C)[C@H]3CC[C@]12C)C1(NC=O)Cc2cccc(c2)Nc2cccc(c2)C1. The van der Waals surface area contributed by atoms with E-state index in [1.54, 1.807) is 0 Å². The smallest absolute Gasteiger partial charge is 0.222 e. The average molecular weight is 568 g/mol. The third-order valence-electron chi connectivity index (χ3n) is 13.6. The van der Waals surface area contributed by atoms with Gasteiger partial charge >= 0.3 is 0 Å². The lowest BCUT2D eigenvalue weighted by Gasteiger charge is -2.62. The van der Waals surface area contributed by atoms with Gasteiger partial charge in [0.15, 0.2) is 0 Å². The van der Waals surface area contributed by atoms with Crippen LogP contribution in [0.15, 0.2) is 48.5 Å². The molecule has 5 heteroatoms. The van der Waals surface area contributed by atoms with Crippen LogP contribution in [0.5, 0.6) is 0 Å². The molecule has 0 aromatic heterocycles. The monoisotopic (exact) mass is 567 g/mol. The molecule has 1 saturated heterocycles. The van der Waals surface area contributed by atoms with Crippen molar-refractivity contribution in [3.05, 3.63) is 59.7 Å². The van der Waals surface area contributed by atoms with E-state index in [-0.39, 0.29) is 16.4 Å². The third-order valence-corrected chi connectivity index (χ3v) is 13.6. The second-order valence-electron chi connectivity index (χ2n) is 15.3. The van der Waals surface area contributed by atoms with Crippen molar-refractivity contribution < 1.29 is 9.59 Å². The third kappa shape index (κ3) is 4.24. The molecule has 5 nitrogen and oxygen atoms in total. The number of nitrogens with one attached hydrogen (secondary N) is 2. The van der Waals surface area contributed by atoms with Crippen LogP contribution in [0.1, 0.15) is 83.3 Å². The lowest BCUT2D eigenvalue weighted by molar-refractivity contribution is -0.159. The minimum atomic E-state index is -0.355. The molecule has 42 heavy (non-hydrogen) atoms. The number of anilines is 2. The molecule has 3 aliphatic carbocycles. The Morgan fingerprint density at radius 3 is 2.24 bits per heavy atom. The number of hydrogen-bond acceptors (Lipinski definition) is 3. The molecule has 2 aromatic carbocycles. The standard InChI is InChI=1S/C37H49N3O2/c1-24(37(38-23-41)21-25-7-5-9-27(19-25)39-28-10-6-8-26(20-28)22-37)30-12-13-31-29-11-14-33-36(3,18-16-34(42)40(33)4)32(29)15-17-35(30,31)2/h5-10,19-20,23-24,29-33,39H,11-18,21-22H2,1-4H3,(H,38,41)/t24?,29-,30+,31-,32-,33+,35+,36+/m0/s1. The average Bonchev–Trinajstić information content (AvgIpc) is 3.32. The van der Waals surface area contributed by atoms with Crippen LogP contribution < -0.4 is 10.6 Å². The number of piperidine rings is 1. The number of fused-ring (bicyclic) bond motifs is 9. The summed E-state index contributed by atoms with van der Waals surface area (Å²) in [5, 5.41) is 7.07. The number of likely N-dealkylation sites (tertiary alicyclic amines) is 1. The van der Waals surface area contributed by atoms with Crippen molar-refractivity contribution in [2.45, 2.75) is 96.6 Å². The molecule has 0 spiro atoms. The lowest BCUT2D eigenvalue weighted by atomic mass is 9.46. The summed E-state index contributed by atoms with van der Waals surface area (Å²) in [6.45, 7) is 7.60. The predicted molar refractivity (Wildman–Crippen MR) is 168 cm³/mol. The molecule has 4 fully saturated rings. The zero-order valence-electron chi connectivity index (χ0n) is 26.0. The normalized spacial score (nSPS) is 37.4. The molecule has 2 aromatic rings. The molecule has 5 aliphatic rings. The molecular formula is C37H49N3O2. The number of nitrogens with zero attached hydrogens (tertiary/aromatic N) is 1. The zero-order chi connectivity index (χ0) is 29.3. The summed E-state index contributed by atoms with van der Waals surface area (Å²) in [5.74, 6) is 3.43. The summed E-state index contributed by atoms with van der Waals surface area (Å²) in [6.07, 6.45) is 11.9. The summed E-state index contributed by atoms with van der Waals surface area (Å²) in [5.41, 5.74) is 4.92. The minimum absolute atomic E-state index is 0.247. The highest BCUT2D eigenvalue weighted by Gasteiger charge is 2.62. The fourth-order valence-electron chi connectivity index (χ4n) is 11.5. The molecule has 2 aliphatic heterocycles. The van der Waals surface area contributed by atoms with Crippen LogP contribution in [0.25, 0.3) is 0 Å². The molecule has 8 atom stereocenters. The molecule has 2 amide bonds. The van der Waals surface area contributed by atoms with Crippen LogP contribution in [0.3, 0.4) is 0 Å². The first kappa shape index (κ1) is 28.0. The van der Waals surface area contributed by atoms with Crippen LogP contribution in [0.4, 0.5) is 11.4 Å². The summed E-state index contributed by atoms with van der Waals surface area (Å²) >= 11 is 0. The van der Waals surface area contributed by atoms with Crippen molar-refractivity contribution in [2.24, 2.45) is 40.4 Å². The molecule has 2 heterocycles. The minimum Gasteiger partial charge on any atom is -0.356 e. The van der Waals surface area contributed by atoms with Crippen molar-refractivity contribution in [2.75, 3.05) is 12.4 Å². The molecule has 0 radical (unpaired) electrons. The van der Waals surface area contributed by atoms with Gasteiger partial charge in [0, 0.05) is 30.9 Å². The molecule has 4 bridgehead atoms. The summed E-state index contributed by atoms with van der Waals surface area (Å²) in [7, 11) is 2.06. The number of benzene rings is 2. The van der Waals surface area contributed by atoms with Crippen molar-refractivity contribution in [1.29, 1.82) is 0 Å². The van der Waals surface area contributed by atoms with Crippen molar-refractivity contribution in [3.8, 4) is 0 Å². The molecule has 1 unspecified atom stereocenters. The van der Waals surface area contributed by atoms with E-state index in [0.717, 1.165) is 55.3 Å². The van der Waals surface area contributed by atoms with Crippen molar-refractivity contribution >= 4 is 23.7 Å². The maximum absolute atomic E-state index is 12.6. The van der Waals surface area contributed by atoms with Gasteiger partial charge < -0.3 is 15.5 Å². The van der Waals surface area contributed by atoms with Crippen LogP contribution in [-0.2, 0) is 22.4 Å². The number of carbonyl (C=O) groups excluding carboxylic acids is 2. The highest BCUT2D eigenvalue weighted by molar-refractivity contribution is 5.77. The van der Waals surface area contributed by atoms with Crippen molar-refractivity contribution in [1.82, 2.24) is 10.2 Å². The largest absolute Gasteiger partial charge is 0.356 e. The van der Waals surface area contributed by atoms with Crippen LogP contribution in [0, 0.1) is 40.4 Å². The highest BCUT2D eigenvalue weighted by Crippen LogP contribution is 2.67. The zero-order valence-corrected chi connectivity index (χ0v) is 26.0. The maximum Gasteiger partial charge on any atom is 0.222 e. The van der Waals surface area contributed by atoms with Crippen LogP contribution in [0.2, 0.25) is 0 Å². The Balaban J connectivity index is 1.22. The molecule has 224 valence electrons. The van der Waals surface area contributed by atoms with Gasteiger partial charge in [-0.15, -0.1) is 0 Å². The Morgan fingerprint density at radius 2 is 1.57 bits per heavy atom. The van der Waals surface area contributed by atoms with E-state index in [2.05, 4.69) is 91.9 Å². The molecular weight excluding hydrogens is 518 g/mol. The lowest BCUT2D eigenvalue weighted by Crippen LogP contribution is -2.62.